The van der Waals surface area contributed by atoms with Crippen molar-refractivity contribution in [2.45, 2.75) is 45.1 Å². The van der Waals surface area contributed by atoms with E-state index in [-0.39, 0.29) is 6.03 Å². The average molecular weight is 297 g/mol. The first-order chi connectivity index (χ1) is 10.1. The van der Waals surface area contributed by atoms with E-state index in [2.05, 4.69) is 10.2 Å². The number of carbonyl (C=O) groups is 2. The third-order valence-electron chi connectivity index (χ3n) is 4.72. The van der Waals surface area contributed by atoms with Crippen LogP contribution in [0.15, 0.2) is 0 Å². The predicted octanol–water partition coefficient (Wildman–Crippen LogP) is 1.37. The number of aliphatic carboxylic acids is 1. The van der Waals surface area contributed by atoms with Gasteiger partial charge in [-0.15, -0.1) is 0 Å². The summed E-state index contributed by atoms with van der Waals surface area (Å²) in [6.07, 6.45) is 5.77. The maximum absolute atomic E-state index is 12.0. The molecule has 1 aliphatic carbocycles. The molecule has 0 aromatic rings. The van der Waals surface area contributed by atoms with Crippen molar-refractivity contribution in [1.29, 1.82) is 0 Å². The van der Waals surface area contributed by atoms with Crippen LogP contribution in [0.5, 0.6) is 0 Å². The molecule has 0 radical (unpaired) electrons. The highest BCUT2D eigenvalue weighted by atomic mass is 16.4. The molecule has 0 aromatic heterocycles. The molecule has 21 heavy (non-hydrogen) atoms. The quantitative estimate of drug-likeness (QED) is 0.804. The molecule has 2 amide bonds. The highest BCUT2D eigenvalue weighted by Gasteiger charge is 2.27. The second kappa shape index (κ2) is 7.64. The molecule has 0 aromatic carbocycles. The Morgan fingerprint density at radius 1 is 1.19 bits per heavy atom. The molecule has 2 fully saturated rings. The van der Waals surface area contributed by atoms with Gasteiger partial charge in [-0.25, -0.2) is 4.79 Å². The van der Waals surface area contributed by atoms with Gasteiger partial charge in [-0.3, -0.25) is 9.69 Å². The van der Waals surface area contributed by atoms with E-state index in [9.17, 15) is 9.59 Å². The Morgan fingerprint density at radius 2 is 1.81 bits per heavy atom. The molecule has 6 heteroatoms. The fourth-order valence-corrected chi connectivity index (χ4v) is 3.19. The van der Waals surface area contributed by atoms with Crippen LogP contribution in [-0.2, 0) is 4.79 Å². The van der Waals surface area contributed by atoms with Crippen molar-refractivity contribution >= 4 is 12.0 Å². The van der Waals surface area contributed by atoms with Crippen LogP contribution in [0.25, 0.3) is 0 Å². The lowest BCUT2D eigenvalue weighted by molar-refractivity contribution is -0.141. The van der Waals surface area contributed by atoms with Crippen molar-refractivity contribution in [2.75, 3.05) is 32.7 Å². The van der Waals surface area contributed by atoms with Crippen LogP contribution in [0.4, 0.5) is 4.79 Å². The molecule has 0 spiro atoms. The minimum absolute atomic E-state index is 0.0568. The van der Waals surface area contributed by atoms with E-state index in [1.54, 1.807) is 6.92 Å². The molecule has 1 heterocycles. The monoisotopic (exact) mass is 297 g/mol. The molecule has 1 aliphatic heterocycles. The largest absolute Gasteiger partial charge is 0.481 e. The van der Waals surface area contributed by atoms with Crippen molar-refractivity contribution in [3.05, 3.63) is 0 Å². The van der Waals surface area contributed by atoms with Gasteiger partial charge in [0, 0.05) is 38.8 Å². The summed E-state index contributed by atoms with van der Waals surface area (Å²) >= 11 is 0. The lowest BCUT2D eigenvalue weighted by atomic mass is 10.1. The number of carboxylic acids is 1. The number of nitrogens with one attached hydrogen (secondary N) is 1. The molecule has 0 bridgehead atoms. The first-order valence-electron chi connectivity index (χ1n) is 8.07. The molecule has 6 nitrogen and oxygen atoms in total. The lowest BCUT2D eigenvalue weighted by Crippen LogP contribution is -2.53. The van der Waals surface area contributed by atoms with Crippen LogP contribution in [0, 0.1) is 5.92 Å². The van der Waals surface area contributed by atoms with Crippen molar-refractivity contribution < 1.29 is 14.7 Å². The van der Waals surface area contributed by atoms with E-state index < -0.39 is 11.9 Å². The summed E-state index contributed by atoms with van der Waals surface area (Å²) < 4.78 is 0. The van der Waals surface area contributed by atoms with Crippen LogP contribution < -0.4 is 5.32 Å². The number of rotatable bonds is 5. The fourth-order valence-electron chi connectivity index (χ4n) is 3.19. The minimum Gasteiger partial charge on any atom is -0.481 e. The van der Waals surface area contributed by atoms with Crippen LogP contribution >= 0.6 is 0 Å². The Labute approximate surface area is 126 Å². The van der Waals surface area contributed by atoms with Crippen LogP contribution in [0.1, 0.15) is 39.0 Å². The number of urea groups is 1. The van der Waals surface area contributed by atoms with Gasteiger partial charge in [-0.2, -0.15) is 0 Å². The molecule has 1 atom stereocenters. The first-order valence-corrected chi connectivity index (χ1v) is 8.07. The Hall–Kier alpha value is -1.30. The van der Waals surface area contributed by atoms with Gasteiger partial charge >= 0.3 is 12.0 Å². The van der Waals surface area contributed by atoms with Gasteiger partial charge in [0.05, 0.1) is 5.92 Å². The summed E-state index contributed by atoms with van der Waals surface area (Å²) in [5, 5.41) is 11.6. The van der Waals surface area contributed by atoms with E-state index in [1.165, 1.54) is 25.7 Å². The SMILES string of the molecule is CC(CCNC(=O)N1CCN(C2CCCC2)CC1)C(=O)O. The second-order valence-electron chi connectivity index (χ2n) is 6.22. The summed E-state index contributed by atoms with van der Waals surface area (Å²) in [5.41, 5.74) is 0. The zero-order valence-electron chi connectivity index (χ0n) is 12.9. The van der Waals surface area contributed by atoms with Crippen molar-refractivity contribution in [2.24, 2.45) is 5.92 Å². The summed E-state index contributed by atoms with van der Waals surface area (Å²) in [4.78, 5) is 27.1. The van der Waals surface area contributed by atoms with Gasteiger partial charge in [0.1, 0.15) is 0 Å². The normalized spacial score (nSPS) is 22.2. The third-order valence-corrected chi connectivity index (χ3v) is 4.72. The predicted molar refractivity (Wildman–Crippen MR) is 80.2 cm³/mol. The summed E-state index contributed by atoms with van der Waals surface area (Å²) in [6, 6.07) is 0.672. The topological polar surface area (TPSA) is 72.9 Å². The van der Waals surface area contributed by atoms with E-state index in [0.29, 0.717) is 13.0 Å². The second-order valence-corrected chi connectivity index (χ2v) is 6.22. The maximum Gasteiger partial charge on any atom is 0.317 e. The average Bonchev–Trinajstić information content (AvgIpc) is 3.01. The van der Waals surface area contributed by atoms with Gasteiger partial charge in [0.2, 0.25) is 0 Å². The van der Waals surface area contributed by atoms with Gasteiger partial charge in [0.25, 0.3) is 0 Å². The summed E-state index contributed by atoms with van der Waals surface area (Å²) in [6.45, 7) is 5.56. The number of hydrogen-bond acceptors (Lipinski definition) is 3. The van der Waals surface area contributed by atoms with Gasteiger partial charge in [0.15, 0.2) is 0 Å². The fraction of sp³-hybridized carbons (Fsp3) is 0.867. The summed E-state index contributed by atoms with van der Waals surface area (Å²) in [7, 11) is 0. The van der Waals surface area contributed by atoms with Crippen LogP contribution in [0.2, 0.25) is 0 Å². The Morgan fingerprint density at radius 3 is 2.38 bits per heavy atom. The highest BCUT2D eigenvalue weighted by molar-refractivity contribution is 5.74. The Balaban J connectivity index is 1.64. The van der Waals surface area contributed by atoms with Crippen molar-refractivity contribution in [1.82, 2.24) is 15.1 Å². The molecular weight excluding hydrogens is 270 g/mol. The van der Waals surface area contributed by atoms with E-state index in [0.717, 1.165) is 32.2 Å². The zero-order chi connectivity index (χ0) is 15.2. The molecule has 2 rings (SSSR count). The molecule has 2 N–H and O–H groups in total. The number of carboxylic acid groups (broad SMARTS) is 1. The minimum atomic E-state index is -0.811. The first kappa shape index (κ1) is 16.1. The van der Waals surface area contributed by atoms with Crippen LogP contribution in [-0.4, -0.2) is 65.7 Å². The third kappa shape index (κ3) is 4.59. The van der Waals surface area contributed by atoms with E-state index in [1.807, 2.05) is 4.90 Å². The molecule has 1 saturated carbocycles. The zero-order valence-corrected chi connectivity index (χ0v) is 12.9. The van der Waals surface area contributed by atoms with E-state index in [4.69, 9.17) is 5.11 Å². The maximum atomic E-state index is 12.0. The van der Waals surface area contributed by atoms with E-state index >= 15 is 0 Å². The number of carbonyl (C=O) groups excluding carboxylic acids is 1. The van der Waals surface area contributed by atoms with Crippen molar-refractivity contribution in [3.8, 4) is 0 Å². The molecule has 120 valence electrons. The number of amides is 2. The lowest BCUT2D eigenvalue weighted by Gasteiger charge is -2.38. The number of piperazine rings is 1. The Bertz CT molecular complexity index is 361. The number of nitrogens with zero attached hydrogens (tertiary/aromatic N) is 2. The van der Waals surface area contributed by atoms with Gasteiger partial charge in [-0.05, 0) is 19.3 Å². The Kier molecular flexibility index (Phi) is 5.85. The molecule has 2 aliphatic rings. The number of hydrogen-bond donors (Lipinski definition) is 2. The van der Waals surface area contributed by atoms with Gasteiger partial charge in [-0.1, -0.05) is 19.8 Å². The van der Waals surface area contributed by atoms with Gasteiger partial charge < -0.3 is 15.3 Å². The highest BCUT2D eigenvalue weighted by Crippen LogP contribution is 2.24. The molecule has 1 saturated heterocycles. The van der Waals surface area contributed by atoms with Crippen molar-refractivity contribution in [3.63, 3.8) is 0 Å². The standard InChI is InChI=1S/C15H27N3O3/c1-12(14(19)20)6-7-16-15(21)18-10-8-17(9-11-18)13-4-2-3-5-13/h12-13H,2-11H2,1H3,(H,16,21)(H,19,20). The molecular formula is C15H27N3O3. The van der Waals surface area contributed by atoms with Crippen LogP contribution in [0.3, 0.4) is 0 Å². The molecule has 1 unspecified atom stereocenters. The smallest absolute Gasteiger partial charge is 0.317 e. The summed E-state index contributed by atoms with van der Waals surface area (Å²) in [5.74, 6) is -1.22.